The van der Waals surface area contributed by atoms with Gasteiger partial charge in [0.15, 0.2) is 11.3 Å². The quantitative estimate of drug-likeness (QED) is 0.362. The van der Waals surface area contributed by atoms with Gasteiger partial charge >= 0.3 is 12.1 Å². The second-order valence-electron chi connectivity index (χ2n) is 9.00. The summed E-state index contributed by atoms with van der Waals surface area (Å²) in [5, 5.41) is 7.93. The van der Waals surface area contributed by atoms with Crippen LogP contribution in [0, 0.1) is 5.82 Å². The van der Waals surface area contributed by atoms with Crippen LogP contribution in [-0.4, -0.2) is 72.4 Å². The predicted molar refractivity (Wildman–Crippen MR) is 123 cm³/mol. The zero-order valence-electron chi connectivity index (χ0n) is 20.0. The number of aryl methyl sites for hydroxylation is 1. The number of aromatic nitrogens is 5. The minimum atomic E-state index is -5.93. The van der Waals surface area contributed by atoms with E-state index in [1.165, 1.54) is 17.0 Å². The van der Waals surface area contributed by atoms with Crippen molar-refractivity contribution in [3.8, 4) is 11.3 Å². The van der Waals surface area contributed by atoms with Gasteiger partial charge in [0, 0.05) is 63.2 Å². The second kappa shape index (κ2) is 9.42. The molecule has 1 amide bonds. The summed E-state index contributed by atoms with van der Waals surface area (Å²) in [6, 6.07) is 6.10. The van der Waals surface area contributed by atoms with E-state index in [9.17, 15) is 31.1 Å². The molecule has 200 valence electrons. The van der Waals surface area contributed by atoms with Crippen molar-refractivity contribution in [2.75, 3.05) is 26.2 Å². The van der Waals surface area contributed by atoms with E-state index in [2.05, 4.69) is 20.1 Å². The van der Waals surface area contributed by atoms with Gasteiger partial charge in [0.1, 0.15) is 11.5 Å². The third-order valence-corrected chi connectivity index (χ3v) is 6.29. The summed E-state index contributed by atoms with van der Waals surface area (Å²) in [5.74, 6) is -6.53. The molecule has 1 aromatic carbocycles. The van der Waals surface area contributed by atoms with Crippen molar-refractivity contribution in [1.29, 1.82) is 0 Å². The van der Waals surface area contributed by atoms with Crippen LogP contribution in [0.15, 0.2) is 48.8 Å². The van der Waals surface area contributed by atoms with Gasteiger partial charge in [0.25, 0.3) is 5.91 Å². The number of amides is 1. The normalized spacial score (nSPS) is 15.4. The van der Waals surface area contributed by atoms with Crippen LogP contribution < -0.4 is 0 Å². The van der Waals surface area contributed by atoms with Gasteiger partial charge in [0.2, 0.25) is 0 Å². The maximum absolute atomic E-state index is 14.6. The van der Waals surface area contributed by atoms with Gasteiger partial charge in [0.05, 0.1) is 11.9 Å². The van der Waals surface area contributed by atoms with Crippen LogP contribution >= 0.6 is 0 Å². The first-order chi connectivity index (χ1) is 17.9. The largest absolute Gasteiger partial charge is 0.459 e. The van der Waals surface area contributed by atoms with Crippen molar-refractivity contribution in [3.63, 3.8) is 0 Å². The van der Waals surface area contributed by atoms with Crippen molar-refractivity contribution in [2.24, 2.45) is 7.05 Å². The Morgan fingerprint density at radius 2 is 1.68 bits per heavy atom. The molecule has 0 bridgehead atoms. The number of piperazine rings is 1. The molecule has 0 radical (unpaired) electrons. The highest BCUT2D eigenvalue weighted by Gasteiger charge is 2.60. The summed E-state index contributed by atoms with van der Waals surface area (Å²) in [7, 11) is 1.81. The number of benzene rings is 1. The van der Waals surface area contributed by atoms with Crippen molar-refractivity contribution < 1.29 is 31.1 Å². The zero-order chi connectivity index (χ0) is 27.2. The fourth-order valence-corrected chi connectivity index (χ4v) is 4.30. The topological polar surface area (TPSA) is 71.6 Å². The van der Waals surface area contributed by atoms with Crippen LogP contribution in [0.2, 0.25) is 0 Å². The highest BCUT2D eigenvalue weighted by atomic mass is 19.4. The number of nitrogens with zero attached hydrogens (tertiary/aromatic N) is 7. The lowest BCUT2D eigenvalue weighted by Gasteiger charge is -2.34. The molecule has 0 N–H and O–H groups in total. The number of halogens is 6. The van der Waals surface area contributed by atoms with Crippen molar-refractivity contribution in [2.45, 2.75) is 18.6 Å². The predicted octanol–water partition coefficient (Wildman–Crippen LogP) is 3.88. The summed E-state index contributed by atoms with van der Waals surface area (Å²) in [5.41, 5.74) is -1.31. The summed E-state index contributed by atoms with van der Waals surface area (Å²) in [6.07, 6.45) is -2.30. The van der Waals surface area contributed by atoms with Crippen LogP contribution in [0.25, 0.3) is 16.9 Å². The van der Waals surface area contributed by atoms with E-state index in [0.717, 1.165) is 23.8 Å². The molecule has 5 rings (SSSR count). The number of rotatable bonds is 5. The van der Waals surface area contributed by atoms with E-state index in [4.69, 9.17) is 0 Å². The van der Waals surface area contributed by atoms with Crippen LogP contribution in [0.3, 0.4) is 0 Å². The lowest BCUT2D eigenvalue weighted by molar-refractivity contribution is -0.291. The van der Waals surface area contributed by atoms with E-state index < -0.39 is 29.5 Å². The standard InChI is InChI=1S/C24H21F6N7O/c1-34-13-15(12-31-34)14-35-6-8-36(9-7-35)22(38)19-11-21-32-18(16-2-4-17(25)5-3-16)10-20(37(21)33-19)23(26,27)24(28,29)30/h2-5,10-13H,6-9,14H2,1H3. The number of hydrogen-bond donors (Lipinski definition) is 0. The maximum Gasteiger partial charge on any atom is 0.459 e. The smallest absolute Gasteiger partial charge is 0.335 e. The summed E-state index contributed by atoms with van der Waals surface area (Å²) >= 11 is 0. The van der Waals surface area contributed by atoms with E-state index in [1.54, 1.807) is 10.9 Å². The lowest BCUT2D eigenvalue weighted by Crippen LogP contribution is -2.48. The number of hydrogen-bond acceptors (Lipinski definition) is 5. The summed E-state index contributed by atoms with van der Waals surface area (Å²) < 4.78 is 84.5. The van der Waals surface area contributed by atoms with Crippen LogP contribution in [0.1, 0.15) is 21.7 Å². The van der Waals surface area contributed by atoms with Gasteiger partial charge < -0.3 is 4.90 Å². The average Bonchev–Trinajstić information content (AvgIpc) is 3.49. The summed E-state index contributed by atoms with van der Waals surface area (Å²) in [4.78, 5) is 20.8. The summed E-state index contributed by atoms with van der Waals surface area (Å²) in [6.45, 7) is 2.31. The van der Waals surface area contributed by atoms with E-state index in [0.29, 0.717) is 43.3 Å². The Labute approximate surface area is 212 Å². The molecular weight excluding hydrogens is 516 g/mol. The lowest BCUT2D eigenvalue weighted by atomic mass is 10.1. The third kappa shape index (κ3) is 4.83. The first-order valence-electron chi connectivity index (χ1n) is 11.5. The van der Waals surface area contributed by atoms with Crippen molar-refractivity contribution in [3.05, 3.63) is 71.6 Å². The molecule has 8 nitrogen and oxygen atoms in total. The van der Waals surface area contributed by atoms with Gasteiger partial charge in [-0.25, -0.2) is 13.9 Å². The number of alkyl halides is 5. The minimum Gasteiger partial charge on any atom is -0.335 e. The van der Waals surface area contributed by atoms with Crippen molar-refractivity contribution in [1.82, 2.24) is 34.2 Å². The Hall–Kier alpha value is -3.94. The van der Waals surface area contributed by atoms with Crippen LogP contribution in [-0.2, 0) is 19.5 Å². The van der Waals surface area contributed by atoms with E-state index in [1.807, 2.05) is 13.2 Å². The van der Waals surface area contributed by atoms with Gasteiger partial charge in [-0.1, -0.05) is 0 Å². The minimum absolute atomic E-state index is 0.118. The molecule has 0 aliphatic carbocycles. The third-order valence-electron chi connectivity index (χ3n) is 6.29. The Morgan fingerprint density at radius 1 is 1.00 bits per heavy atom. The molecule has 4 heterocycles. The van der Waals surface area contributed by atoms with Gasteiger partial charge in [-0.3, -0.25) is 14.4 Å². The zero-order valence-corrected chi connectivity index (χ0v) is 20.0. The Balaban J connectivity index is 1.44. The fraction of sp³-hybridized carbons (Fsp3) is 0.333. The average molecular weight is 537 g/mol. The van der Waals surface area contributed by atoms with Gasteiger partial charge in [-0.15, -0.1) is 0 Å². The molecule has 1 aliphatic heterocycles. The number of fused-ring (bicyclic) bond motifs is 1. The van der Waals surface area contributed by atoms with E-state index in [-0.39, 0.29) is 22.6 Å². The molecule has 14 heteroatoms. The van der Waals surface area contributed by atoms with Gasteiger partial charge in [-0.05, 0) is 30.3 Å². The Morgan fingerprint density at radius 3 is 2.29 bits per heavy atom. The molecule has 1 saturated heterocycles. The highest BCUT2D eigenvalue weighted by Crippen LogP contribution is 2.44. The number of carbonyl (C=O) groups excluding carboxylic acids is 1. The first-order valence-corrected chi connectivity index (χ1v) is 11.5. The van der Waals surface area contributed by atoms with Crippen LogP contribution in [0.4, 0.5) is 26.3 Å². The highest BCUT2D eigenvalue weighted by molar-refractivity contribution is 5.93. The molecule has 0 spiro atoms. The molecule has 38 heavy (non-hydrogen) atoms. The molecule has 0 saturated carbocycles. The van der Waals surface area contributed by atoms with Crippen LogP contribution in [0.5, 0.6) is 0 Å². The van der Waals surface area contributed by atoms with Crippen molar-refractivity contribution >= 4 is 11.6 Å². The Bertz CT molecular complexity index is 1470. The fourth-order valence-electron chi connectivity index (χ4n) is 4.30. The SMILES string of the molecule is Cn1cc(CN2CCN(C(=O)c3cc4nc(-c5ccc(F)cc5)cc(C(F)(F)C(F)(F)F)n4n3)CC2)cn1. The molecule has 3 aromatic heterocycles. The molecular formula is C24H21F6N7O. The first kappa shape index (κ1) is 25.7. The molecule has 0 atom stereocenters. The maximum atomic E-state index is 14.6. The monoisotopic (exact) mass is 537 g/mol. The van der Waals surface area contributed by atoms with E-state index >= 15 is 0 Å². The number of carbonyl (C=O) groups is 1. The second-order valence-corrected chi connectivity index (χ2v) is 9.00. The molecule has 4 aromatic rings. The molecule has 1 fully saturated rings. The Kier molecular flexibility index (Phi) is 6.37. The molecule has 0 unspecified atom stereocenters. The van der Waals surface area contributed by atoms with Gasteiger partial charge in [-0.2, -0.15) is 32.1 Å². The molecule has 1 aliphatic rings.